The molecule has 0 spiro atoms. The van der Waals surface area contributed by atoms with Crippen LogP contribution in [0.25, 0.3) is 16.6 Å². The highest BCUT2D eigenvalue weighted by atomic mass is 19.1. The van der Waals surface area contributed by atoms with Gasteiger partial charge in [-0.05, 0) is 43.7 Å². The summed E-state index contributed by atoms with van der Waals surface area (Å²) in [5.74, 6) is 0.811. The van der Waals surface area contributed by atoms with E-state index in [-0.39, 0.29) is 11.9 Å². The Kier molecular flexibility index (Phi) is 5.77. The molecular formula is C27H31FN8O2. The molecule has 1 aromatic carbocycles. The van der Waals surface area contributed by atoms with E-state index in [0.717, 1.165) is 49.7 Å². The van der Waals surface area contributed by atoms with Crippen LogP contribution in [0.2, 0.25) is 0 Å². The second-order valence-corrected chi connectivity index (χ2v) is 10.9. The van der Waals surface area contributed by atoms with Gasteiger partial charge in [-0.25, -0.2) is 13.9 Å². The number of carbonyl (C=O) groups excluding carboxylic acids is 1. The van der Waals surface area contributed by atoms with Gasteiger partial charge in [-0.3, -0.25) is 14.4 Å². The number of rotatable bonds is 8. The van der Waals surface area contributed by atoms with E-state index in [1.807, 2.05) is 23.0 Å². The molecule has 0 bridgehead atoms. The van der Waals surface area contributed by atoms with Crippen molar-refractivity contribution in [1.82, 2.24) is 34.6 Å². The molecule has 4 aromatic rings. The van der Waals surface area contributed by atoms with E-state index >= 15 is 0 Å². The zero-order valence-corrected chi connectivity index (χ0v) is 21.1. The number of hydrogen-bond acceptors (Lipinski definition) is 7. The van der Waals surface area contributed by atoms with Gasteiger partial charge in [0.25, 0.3) is 5.91 Å². The van der Waals surface area contributed by atoms with Gasteiger partial charge in [0, 0.05) is 62.8 Å². The van der Waals surface area contributed by atoms with Crippen LogP contribution < -0.4 is 15.4 Å². The first-order valence-corrected chi connectivity index (χ1v) is 13.4. The molecule has 1 saturated carbocycles. The summed E-state index contributed by atoms with van der Waals surface area (Å²) in [6, 6.07) is 5.77. The highest BCUT2D eigenvalue weighted by Gasteiger charge is 2.39. The fraction of sp³-hybridized carbons (Fsp3) is 0.481. The van der Waals surface area contributed by atoms with E-state index in [1.165, 1.54) is 0 Å². The highest BCUT2D eigenvalue weighted by molar-refractivity contribution is 6.09. The normalized spacial score (nSPS) is 20.0. The molecule has 7 rings (SSSR count). The van der Waals surface area contributed by atoms with Gasteiger partial charge in [-0.15, -0.1) is 0 Å². The minimum atomic E-state index is -1.08. The van der Waals surface area contributed by atoms with Gasteiger partial charge in [0.1, 0.15) is 17.1 Å². The first kappa shape index (κ1) is 23.5. The molecule has 0 atom stereocenters. The Morgan fingerprint density at radius 3 is 2.82 bits per heavy atom. The van der Waals surface area contributed by atoms with Crippen LogP contribution in [-0.4, -0.2) is 80.2 Å². The molecule has 0 unspecified atom stereocenters. The maximum absolute atomic E-state index is 14.5. The topological polar surface area (TPSA) is 102 Å². The van der Waals surface area contributed by atoms with Crippen LogP contribution in [0.3, 0.4) is 0 Å². The zero-order chi connectivity index (χ0) is 25.7. The Hall–Kier alpha value is -3.57. The van der Waals surface area contributed by atoms with Gasteiger partial charge in [-0.1, -0.05) is 0 Å². The second kappa shape index (κ2) is 9.32. The molecule has 3 aromatic heterocycles. The maximum atomic E-state index is 14.5. The van der Waals surface area contributed by atoms with Crippen molar-refractivity contribution >= 4 is 28.1 Å². The van der Waals surface area contributed by atoms with Gasteiger partial charge in [0.05, 0.1) is 29.9 Å². The Labute approximate surface area is 219 Å². The minimum absolute atomic E-state index is 0.242. The van der Waals surface area contributed by atoms with Crippen molar-refractivity contribution in [2.75, 3.05) is 44.6 Å². The number of carbonyl (C=O) groups is 1. The summed E-state index contributed by atoms with van der Waals surface area (Å²) in [5, 5.41) is 16.0. The lowest BCUT2D eigenvalue weighted by molar-refractivity contribution is 0.0298. The van der Waals surface area contributed by atoms with Crippen molar-refractivity contribution in [2.24, 2.45) is 5.92 Å². The molecule has 1 amide bonds. The quantitative estimate of drug-likeness (QED) is 0.370. The smallest absolute Gasteiger partial charge is 0.259 e. The Morgan fingerprint density at radius 2 is 2.05 bits per heavy atom. The van der Waals surface area contributed by atoms with Crippen molar-refractivity contribution in [2.45, 2.75) is 37.4 Å². The average Bonchev–Trinajstić information content (AvgIpc) is 3.52. The summed E-state index contributed by atoms with van der Waals surface area (Å²) < 4.78 is 24.3. The van der Waals surface area contributed by atoms with E-state index in [1.54, 1.807) is 29.2 Å². The minimum Gasteiger partial charge on any atom is -0.492 e. The van der Waals surface area contributed by atoms with Crippen molar-refractivity contribution in [3.8, 4) is 5.75 Å². The van der Waals surface area contributed by atoms with Crippen LogP contribution >= 0.6 is 0 Å². The largest absolute Gasteiger partial charge is 0.492 e. The predicted molar refractivity (Wildman–Crippen MR) is 140 cm³/mol. The van der Waals surface area contributed by atoms with Gasteiger partial charge >= 0.3 is 0 Å². The van der Waals surface area contributed by atoms with E-state index in [0.29, 0.717) is 54.8 Å². The summed E-state index contributed by atoms with van der Waals surface area (Å²) in [4.78, 5) is 20.0. The van der Waals surface area contributed by atoms with Crippen molar-refractivity contribution in [3.63, 3.8) is 0 Å². The third-order valence-corrected chi connectivity index (χ3v) is 7.89. The van der Waals surface area contributed by atoms with Crippen molar-refractivity contribution in [1.29, 1.82) is 0 Å². The number of alkyl halides is 1. The molecule has 2 saturated heterocycles. The van der Waals surface area contributed by atoms with E-state index in [2.05, 4.69) is 25.6 Å². The number of likely N-dealkylation sites (tertiary alicyclic amines) is 1. The summed E-state index contributed by atoms with van der Waals surface area (Å²) in [5.41, 5.74) is 1.30. The molecule has 2 aliphatic heterocycles. The van der Waals surface area contributed by atoms with Crippen molar-refractivity contribution in [3.05, 3.63) is 48.5 Å². The predicted octanol–water partition coefficient (Wildman–Crippen LogP) is 3.07. The summed E-state index contributed by atoms with van der Waals surface area (Å²) in [6.07, 6.45) is 11.2. The number of nitrogens with zero attached hydrogens (tertiary/aromatic N) is 6. The number of fused-ring (bicyclic) bond motifs is 2. The number of amides is 1. The van der Waals surface area contributed by atoms with Gasteiger partial charge in [0.2, 0.25) is 0 Å². The van der Waals surface area contributed by atoms with Crippen molar-refractivity contribution < 1.29 is 13.9 Å². The third-order valence-electron chi connectivity index (χ3n) is 7.89. The van der Waals surface area contributed by atoms with Crippen LogP contribution in [0.1, 0.15) is 42.1 Å². The molecule has 0 radical (unpaired) electrons. The number of nitrogens with one attached hydrogen (secondary N) is 2. The molecule has 11 heteroatoms. The van der Waals surface area contributed by atoms with E-state index in [9.17, 15) is 9.18 Å². The number of aromatic nitrogens is 5. The summed E-state index contributed by atoms with van der Waals surface area (Å²) in [6.45, 7) is 3.69. The second-order valence-electron chi connectivity index (χ2n) is 10.9. The number of benzene rings is 1. The Balaban J connectivity index is 1.12. The molecular weight excluding hydrogens is 487 g/mol. The molecule has 38 heavy (non-hydrogen) atoms. The molecule has 3 fully saturated rings. The lowest BCUT2D eigenvalue weighted by Gasteiger charge is -2.41. The van der Waals surface area contributed by atoms with Crippen LogP contribution in [0.5, 0.6) is 5.75 Å². The van der Waals surface area contributed by atoms with Crippen LogP contribution in [0, 0.1) is 5.92 Å². The fourth-order valence-electron chi connectivity index (χ4n) is 5.40. The monoisotopic (exact) mass is 518 g/mol. The SMILES string of the molecule is O=C(Nc1cnn2cccnc12)c1cc2cn(C3CCN(CC4(F)CNC4)CC3)nc2cc1OCC1CC1. The number of piperidine rings is 1. The average molecular weight is 519 g/mol. The first-order chi connectivity index (χ1) is 18.5. The first-order valence-electron chi connectivity index (χ1n) is 13.4. The molecule has 198 valence electrons. The molecule has 3 aliphatic rings. The van der Waals surface area contributed by atoms with Crippen LogP contribution in [0.4, 0.5) is 10.1 Å². The lowest BCUT2D eigenvalue weighted by atomic mass is 9.96. The number of hydrogen-bond donors (Lipinski definition) is 2. The Bertz CT molecular complexity index is 1480. The summed E-state index contributed by atoms with van der Waals surface area (Å²) >= 11 is 0. The van der Waals surface area contributed by atoms with E-state index in [4.69, 9.17) is 9.84 Å². The van der Waals surface area contributed by atoms with Crippen LogP contribution in [-0.2, 0) is 0 Å². The van der Waals surface area contributed by atoms with Gasteiger partial charge < -0.3 is 15.4 Å². The molecule has 2 N–H and O–H groups in total. The lowest BCUT2D eigenvalue weighted by Crippen LogP contribution is -2.62. The summed E-state index contributed by atoms with van der Waals surface area (Å²) in [7, 11) is 0. The molecule has 10 nitrogen and oxygen atoms in total. The van der Waals surface area contributed by atoms with Crippen LogP contribution in [0.15, 0.2) is 43.0 Å². The van der Waals surface area contributed by atoms with Gasteiger partial charge in [-0.2, -0.15) is 10.2 Å². The zero-order valence-electron chi connectivity index (χ0n) is 21.1. The fourth-order valence-corrected chi connectivity index (χ4v) is 5.40. The number of anilines is 1. The standard InChI is InChI=1S/C27H31FN8O2/c28-27(15-29-16-27)17-34-8-4-20(5-9-34)36-13-19-10-21(24(11-22(19)33-36)38-14-18-2-3-18)26(37)32-23-12-31-35-7-1-6-30-25(23)35/h1,6-7,10-13,18,20,29H,2-5,8-9,14-17H2,(H,32,37). The Morgan fingerprint density at radius 1 is 1.21 bits per heavy atom. The number of ether oxygens (including phenoxy) is 1. The van der Waals surface area contributed by atoms with Gasteiger partial charge in [0.15, 0.2) is 5.65 Å². The molecule has 1 aliphatic carbocycles. The highest BCUT2D eigenvalue weighted by Crippen LogP contribution is 2.33. The molecule has 5 heterocycles. The van der Waals surface area contributed by atoms with E-state index < -0.39 is 5.67 Å². The third kappa shape index (κ3) is 4.60. The number of halogens is 1. The maximum Gasteiger partial charge on any atom is 0.259 e.